The number of likely N-dealkylation sites (tertiary alicyclic amines) is 1. The molecule has 0 atom stereocenters. The molecule has 1 aromatic heterocycles. The van der Waals surface area contributed by atoms with Crippen molar-refractivity contribution in [1.82, 2.24) is 14.9 Å². The van der Waals surface area contributed by atoms with E-state index in [1.807, 2.05) is 52.3 Å². The summed E-state index contributed by atoms with van der Waals surface area (Å²) in [4.78, 5) is 38.6. The van der Waals surface area contributed by atoms with Crippen molar-refractivity contribution < 1.29 is 9.59 Å². The number of nitrogens with one attached hydrogen (secondary N) is 1. The van der Waals surface area contributed by atoms with Crippen molar-refractivity contribution in [3.05, 3.63) is 54.4 Å². The summed E-state index contributed by atoms with van der Waals surface area (Å²) in [5.41, 5.74) is 3.03. The summed E-state index contributed by atoms with van der Waals surface area (Å²) >= 11 is 1.78. The summed E-state index contributed by atoms with van der Waals surface area (Å²) in [6.45, 7) is 2.15. The molecule has 5 rings (SSSR count). The van der Waals surface area contributed by atoms with Gasteiger partial charge in [-0.3, -0.25) is 9.59 Å². The molecule has 0 bridgehead atoms. The molecule has 0 radical (unpaired) electrons. The van der Waals surface area contributed by atoms with E-state index < -0.39 is 0 Å². The first-order valence-corrected chi connectivity index (χ1v) is 11.9. The number of H-pyrrole nitrogens is 1. The highest BCUT2D eigenvalue weighted by molar-refractivity contribution is 7.99. The zero-order valence-electron chi connectivity index (χ0n) is 17.4. The topological polar surface area (TPSA) is 69.3 Å². The van der Waals surface area contributed by atoms with Gasteiger partial charge in [0.1, 0.15) is 5.82 Å². The lowest BCUT2D eigenvalue weighted by molar-refractivity contribution is -0.134. The minimum Gasteiger partial charge on any atom is -0.343 e. The zero-order valence-corrected chi connectivity index (χ0v) is 18.2. The van der Waals surface area contributed by atoms with E-state index in [9.17, 15) is 9.59 Å². The number of para-hydroxylation sites is 3. The lowest BCUT2D eigenvalue weighted by Gasteiger charge is -2.32. The molecule has 0 spiro atoms. The predicted octanol–water partition coefficient (Wildman–Crippen LogP) is 4.19. The van der Waals surface area contributed by atoms with Crippen molar-refractivity contribution in [3.8, 4) is 0 Å². The quantitative estimate of drug-likeness (QED) is 0.669. The van der Waals surface area contributed by atoms with Gasteiger partial charge in [0.2, 0.25) is 11.8 Å². The number of amides is 2. The fraction of sp³-hybridized carbons (Fsp3) is 0.375. The molecular weight excluding hydrogens is 408 g/mol. The van der Waals surface area contributed by atoms with Gasteiger partial charge in [0, 0.05) is 49.0 Å². The van der Waals surface area contributed by atoms with Crippen LogP contribution in [0.3, 0.4) is 0 Å². The van der Waals surface area contributed by atoms with Gasteiger partial charge in [0.05, 0.1) is 16.7 Å². The summed E-state index contributed by atoms with van der Waals surface area (Å²) in [7, 11) is 0. The van der Waals surface area contributed by atoms with Gasteiger partial charge >= 0.3 is 0 Å². The molecule has 3 aromatic rings. The Morgan fingerprint density at radius 2 is 1.71 bits per heavy atom. The van der Waals surface area contributed by atoms with E-state index in [4.69, 9.17) is 4.98 Å². The van der Waals surface area contributed by atoms with E-state index in [0.29, 0.717) is 12.5 Å². The van der Waals surface area contributed by atoms with Gasteiger partial charge in [-0.25, -0.2) is 4.98 Å². The van der Waals surface area contributed by atoms with Crippen LogP contribution in [0.1, 0.15) is 37.4 Å². The minimum absolute atomic E-state index is 0.0401. The Labute approximate surface area is 186 Å². The number of hydrogen-bond donors (Lipinski definition) is 1. The molecule has 2 aliphatic rings. The fourth-order valence-corrected chi connectivity index (χ4v) is 5.50. The Balaban J connectivity index is 1.14. The van der Waals surface area contributed by atoms with Crippen LogP contribution in [-0.4, -0.2) is 52.1 Å². The van der Waals surface area contributed by atoms with Crippen LogP contribution in [0.4, 0.5) is 5.69 Å². The molecule has 0 saturated carbocycles. The smallest absolute Gasteiger partial charge is 0.227 e. The number of nitrogens with zero attached hydrogens (tertiary/aromatic N) is 3. The first kappa shape index (κ1) is 20.1. The zero-order chi connectivity index (χ0) is 21.2. The van der Waals surface area contributed by atoms with E-state index in [2.05, 4.69) is 11.1 Å². The number of carbonyl (C=O) groups excluding carboxylic acids is 2. The maximum atomic E-state index is 12.8. The van der Waals surface area contributed by atoms with Crippen LogP contribution < -0.4 is 4.90 Å². The van der Waals surface area contributed by atoms with Crippen molar-refractivity contribution in [1.29, 1.82) is 0 Å². The van der Waals surface area contributed by atoms with E-state index in [1.165, 1.54) is 0 Å². The Morgan fingerprint density at radius 3 is 2.55 bits per heavy atom. The van der Waals surface area contributed by atoms with Crippen molar-refractivity contribution in [2.24, 2.45) is 0 Å². The van der Waals surface area contributed by atoms with Crippen LogP contribution in [0.25, 0.3) is 11.0 Å². The molecule has 160 valence electrons. The van der Waals surface area contributed by atoms with Crippen LogP contribution >= 0.6 is 11.8 Å². The number of anilines is 1. The Hall–Kier alpha value is -2.80. The monoisotopic (exact) mass is 434 g/mol. The maximum absolute atomic E-state index is 12.8. The van der Waals surface area contributed by atoms with Gasteiger partial charge in [0.15, 0.2) is 0 Å². The Kier molecular flexibility index (Phi) is 5.68. The average Bonchev–Trinajstić information content (AvgIpc) is 3.26. The summed E-state index contributed by atoms with van der Waals surface area (Å²) in [6.07, 6.45) is 2.34. The van der Waals surface area contributed by atoms with Crippen molar-refractivity contribution in [2.75, 3.05) is 30.3 Å². The highest BCUT2D eigenvalue weighted by atomic mass is 32.2. The second kappa shape index (κ2) is 8.75. The lowest BCUT2D eigenvalue weighted by atomic mass is 9.96. The van der Waals surface area contributed by atoms with Gasteiger partial charge < -0.3 is 14.8 Å². The molecule has 7 heteroatoms. The number of hydrogen-bond acceptors (Lipinski definition) is 4. The molecule has 0 aliphatic carbocycles. The largest absolute Gasteiger partial charge is 0.343 e. The Morgan fingerprint density at radius 1 is 0.968 bits per heavy atom. The third-order valence-corrected chi connectivity index (χ3v) is 7.27. The van der Waals surface area contributed by atoms with E-state index in [-0.39, 0.29) is 24.7 Å². The molecule has 2 amide bonds. The van der Waals surface area contributed by atoms with Crippen LogP contribution in [0.2, 0.25) is 0 Å². The molecule has 6 nitrogen and oxygen atoms in total. The van der Waals surface area contributed by atoms with Crippen molar-refractivity contribution in [2.45, 2.75) is 36.5 Å². The standard InChI is InChI=1S/C24H26N4O2S/c29-22(9-10-23(30)28-15-16-31-21-8-4-3-7-20(21)28)27-13-11-17(12-14-27)24-25-18-5-1-2-6-19(18)26-24/h1-8,17H,9-16H2,(H,25,26). The van der Waals surface area contributed by atoms with Crippen molar-refractivity contribution >= 4 is 40.3 Å². The van der Waals surface area contributed by atoms with Crippen LogP contribution in [0, 0.1) is 0 Å². The summed E-state index contributed by atoms with van der Waals surface area (Å²) in [5.74, 6) is 2.38. The number of thioether (sulfide) groups is 1. The molecule has 1 fully saturated rings. The molecule has 2 aliphatic heterocycles. The van der Waals surface area contributed by atoms with Gasteiger partial charge in [-0.05, 0) is 37.1 Å². The number of fused-ring (bicyclic) bond motifs is 2. The summed E-state index contributed by atoms with van der Waals surface area (Å²) in [5, 5.41) is 0. The molecule has 0 unspecified atom stereocenters. The van der Waals surface area contributed by atoms with Crippen molar-refractivity contribution in [3.63, 3.8) is 0 Å². The van der Waals surface area contributed by atoms with Gasteiger partial charge in [0.25, 0.3) is 0 Å². The number of benzene rings is 2. The highest BCUT2D eigenvalue weighted by Gasteiger charge is 2.27. The number of carbonyl (C=O) groups is 2. The van der Waals surface area contributed by atoms with Gasteiger partial charge in [-0.2, -0.15) is 0 Å². The van der Waals surface area contributed by atoms with Crippen LogP contribution in [-0.2, 0) is 9.59 Å². The number of rotatable bonds is 4. The molecule has 3 heterocycles. The molecular formula is C24H26N4O2S. The number of imidazole rings is 1. The Bertz CT molecular complexity index is 1070. The predicted molar refractivity (Wildman–Crippen MR) is 123 cm³/mol. The fourth-order valence-electron chi connectivity index (χ4n) is 4.50. The molecule has 2 aromatic carbocycles. The average molecular weight is 435 g/mol. The van der Waals surface area contributed by atoms with Gasteiger partial charge in [-0.1, -0.05) is 24.3 Å². The summed E-state index contributed by atoms with van der Waals surface area (Å²) < 4.78 is 0. The van der Waals surface area contributed by atoms with Crippen LogP contribution in [0.5, 0.6) is 0 Å². The van der Waals surface area contributed by atoms with Gasteiger partial charge in [-0.15, -0.1) is 11.8 Å². The highest BCUT2D eigenvalue weighted by Crippen LogP contribution is 2.35. The minimum atomic E-state index is 0.0401. The normalized spacial score (nSPS) is 17.0. The van der Waals surface area contributed by atoms with E-state index in [1.54, 1.807) is 11.8 Å². The first-order valence-electron chi connectivity index (χ1n) is 10.9. The molecule has 1 N–H and O–H groups in total. The van der Waals surface area contributed by atoms with E-state index >= 15 is 0 Å². The summed E-state index contributed by atoms with van der Waals surface area (Å²) in [6, 6.07) is 16.1. The third kappa shape index (κ3) is 4.19. The number of piperidine rings is 1. The number of aromatic amines is 1. The second-order valence-corrected chi connectivity index (χ2v) is 9.29. The molecule has 31 heavy (non-hydrogen) atoms. The lowest BCUT2D eigenvalue weighted by Crippen LogP contribution is -2.39. The van der Waals surface area contributed by atoms with Crippen LogP contribution in [0.15, 0.2) is 53.4 Å². The first-order chi connectivity index (χ1) is 15.2. The maximum Gasteiger partial charge on any atom is 0.227 e. The number of aromatic nitrogens is 2. The SMILES string of the molecule is O=C(CCC(=O)N1CCSc2ccccc21)N1CCC(c2nc3ccccc3[nH]2)CC1. The third-order valence-electron chi connectivity index (χ3n) is 6.22. The van der Waals surface area contributed by atoms with E-state index in [0.717, 1.165) is 59.1 Å². The second-order valence-electron chi connectivity index (χ2n) is 8.16. The molecule has 1 saturated heterocycles.